The highest BCUT2D eigenvalue weighted by Crippen LogP contribution is 2.38. The van der Waals surface area contributed by atoms with Crippen LogP contribution < -0.4 is 20.1 Å². The van der Waals surface area contributed by atoms with Gasteiger partial charge in [-0.2, -0.15) is 0 Å². The molecular formula is C23H34N4O5. The van der Waals surface area contributed by atoms with Crippen molar-refractivity contribution in [3.05, 3.63) is 35.0 Å². The lowest BCUT2D eigenvalue weighted by Crippen LogP contribution is -2.54. The third-order valence-electron chi connectivity index (χ3n) is 5.83. The van der Waals surface area contributed by atoms with Crippen molar-refractivity contribution < 1.29 is 23.8 Å². The molecule has 9 heteroatoms. The Balaban J connectivity index is 2.12. The fraction of sp³-hybridized carbons (Fsp3) is 0.565. The Labute approximate surface area is 189 Å². The predicted molar refractivity (Wildman–Crippen MR) is 121 cm³/mol. The van der Waals surface area contributed by atoms with E-state index < -0.39 is 12.0 Å². The van der Waals surface area contributed by atoms with Crippen LogP contribution >= 0.6 is 0 Å². The zero-order chi connectivity index (χ0) is 23.3. The summed E-state index contributed by atoms with van der Waals surface area (Å²) in [6, 6.07) is 4.74. The Bertz CT molecular complexity index is 872. The number of esters is 1. The number of ether oxygens (including phenoxy) is 3. The Hall–Kier alpha value is -2.78. The monoisotopic (exact) mass is 446 g/mol. The zero-order valence-electron chi connectivity index (χ0n) is 19.6. The molecule has 1 saturated heterocycles. The average molecular weight is 447 g/mol. The lowest BCUT2D eigenvalue weighted by atomic mass is 9.93. The van der Waals surface area contributed by atoms with Crippen LogP contribution in [0.4, 0.5) is 4.79 Å². The van der Waals surface area contributed by atoms with E-state index in [4.69, 9.17) is 14.2 Å². The van der Waals surface area contributed by atoms with Gasteiger partial charge in [0.15, 0.2) is 0 Å². The van der Waals surface area contributed by atoms with Crippen LogP contribution in [0, 0.1) is 0 Å². The summed E-state index contributed by atoms with van der Waals surface area (Å²) in [6.07, 6.45) is 0. The molecule has 2 aliphatic rings. The minimum Gasteiger partial charge on any atom is -0.497 e. The van der Waals surface area contributed by atoms with Crippen molar-refractivity contribution in [2.24, 2.45) is 0 Å². The molecule has 0 spiro atoms. The number of hydrogen-bond donors (Lipinski definition) is 2. The van der Waals surface area contributed by atoms with Crippen LogP contribution in [-0.4, -0.2) is 81.4 Å². The summed E-state index contributed by atoms with van der Waals surface area (Å²) in [5.74, 6) is 0.711. The molecule has 176 valence electrons. The van der Waals surface area contributed by atoms with Gasteiger partial charge in [-0.15, -0.1) is 0 Å². The summed E-state index contributed by atoms with van der Waals surface area (Å²) < 4.78 is 16.3. The summed E-state index contributed by atoms with van der Waals surface area (Å²) in [5.41, 5.74) is 1.78. The minimum atomic E-state index is -0.694. The van der Waals surface area contributed by atoms with E-state index in [2.05, 4.69) is 22.5 Å². The number of likely N-dealkylation sites (N-methyl/N-ethyl adjacent to an activating group) is 1. The van der Waals surface area contributed by atoms with Gasteiger partial charge in [-0.3, -0.25) is 9.80 Å². The van der Waals surface area contributed by atoms with Crippen molar-refractivity contribution in [3.63, 3.8) is 0 Å². The molecule has 9 nitrogen and oxygen atoms in total. The molecular weight excluding hydrogens is 412 g/mol. The summed E-state index contributed by atoms with van der Waals surface area (Å²) in [4.78, 5) is 30.2. The summed E-state index contributed by atoms with van der Waals surface area (Å²) in [5, 5.41) is 6.42. The van der Waals surface area contributed by atoms with Crippen LogP contribution in [-0.2, 0) is 9.53 Å². The third kappa shape index (κ3) is 4.99. The second-order valence-electron chi connectivity index (χ2n) is 7.91. The largest absolute Gasteiger partial charge is 0.497 e. The highest BCUT2D eigenvalue weighted by Gasteiger charge is 2.39. The quantitative estimate of drug-likeness (QED) is 0.589. The van der Waals surface area contributed by atoms with Gasteiger partial charge in [0.05, 0.1) is 32.4 Å². The summed E-state index contributed by atoms with van der Waals surface area (Å²) in [7, 11) is 3.13. The van der Waals surface area contributed by atoms with Gasteiger partial charge < -0.3 is 24.8 Å². The van der Waals surface area contributed by atoms with Crippen molar-refractivity contribution in [2.45, 2.75) is 32.9 Å². The smallest absolute Gasteiger partial charge is 0.338 e. The molecule has 0 saturated carbocycles. The van der Waals surface area contributed by atoms with Gasteiger partial charge in [0.1, 0.15) is 11.5 Å². The number of nitrogens with zero attached hydrogens (tertiary/aromatic N) is 2. The molecule has 0 bridgehead atoms. The Morgan fingerprint density at radius 2 is 2.00 bits per heavy atom. The van der Waals surface area contributed by atoms with E-state index in [-0.39, 0.29) is 12.6 Å². The van der Waals surface area contributed by atoms with E-state index in [1.165, 1.54) is 0 Å². The first kappa shape index (κ1) is 23.9. The van der Waals surface area contributed by atoms with Gasteiger partial charge in [0, 0.05) is 56.1 Å². The Morgan fingerprint density at radius 3 is 2.62 bits per heavy atom. The molecule has 1 fully saturated rings. The molecule has 3 rings (SSSR count). The molecule has 1 aromatic rings. The number of urea groups is 1. The molecule has 32 heavy (non-hydrogen) atoms. The second kappa shape index (κ2) is 10.7. The second-order valence-corrected chi connectivity index (χ2v) is 7.91. The van der Waals surface area contributed by atoms with Crippen LogP contribution in [0.15, 0.2) is 29.5 Å². The van der Waals surface area contributed by atoms with E-state index in [1.54, 1.807) is 38.2 Å². The Morgan fingerprint density at radius 1 is 1.22 bits per heavy atom. The number of carbonyl (C=O) groups excluding carboxylic acids is 2. The molecule has 2 atom stereocenters. The molecule has 2 aliphatic heterocycles. The van der Waals surface area contributed by atoms with Gasteiger partial charge in [0.2, 0.25) is 0 Å². The number of methoxy groups -OCH3 is 2. The van der Waals surface area contributed by atoms with Gasteiger partial charge in [-0.25, -0.2) is 9.59 Å². The van der Waals surface area contributed by atoms with Crippen LogP contribution in [0.3, 0.4) is 0 Å². The number of hydrogen-bond acceptors (Lipinski definition) is 7. The number of piperazine rings is 1. The van der Waals surface area contributed by atoms with Crippen molar-refractivity contribution in [1.29, 1.82) is 0 Å². The first-order chi connectivity index (χ1) is 15.4. The van der Waals surface area contributed by atoms with E-state index in [0.29, 0.717) is 47.5 Å². The van der Waals surface area contributed by atoms with Crippen molar-refractivity contribution in [2.75, 3.05) is 53.6 Å². The number of nitrogens with one attached hydrogen (secondary N) is 2. The Kier molecular flexibility index (Phi) is 7.98. The van der Waals surface area contributed by atoms with E-state index in [9.17, 15) is 9.59 Å². The fourth-order valence-electron chi connectivity index (χ4n) is 4.32. The highest BCUT2D eigenvalue weighted by atomic mass is 16.5. The maximum absolute atomic E-state index is 13.2. The first-order valence-electron chi connectivity index (χ1n) is 11.1. The molecule has 0 aromatic heterocycles. The van der Waals surface area contributed by atoms with E-state index in [0.717, 1.165) is 19.6 Å². The standard InChI is InChI=1S/C23H34N4O5/c1-6-27-18(14-26-11-10-24-15(3)13-26)20(22(28)32-7-2)21(25-23(27)29)17-9-8-16(30-4)12-19(17)31-5/h8-9,12,15,21,24H,6-7,10-11,13-14H2,1-5H3,(H,25,29)/t15-,21+/m1/s1. The normalized spacial score (nSPS) is 21.9. The van der Waals surface area contributed by atoms with Crippen LogP contribution in [0.2, 0.25) is 0 Å². The molecule has 0 unspecified atom stereocenters. The summed E-state index contributed by atoms with van der Waals surface area (Å²) in [6.45, 7) is 9.49. The number of benzene rings is 1. The first-order valence-corrected chi connectivity index (χ1v) is 11.1. The van der Waals surface area contributed by atoms with Crippen LogP contribution in [0.1, 0.15) is 32.4 Å². The third-order valence-corrected chi connectivity index (χ3v) is 5.83. The lowest BCUT2D eigenvalue weighted by molar-refractivity contribution is -0.139. The summed E-state index contributed by atoms with van der Waals surface area (Å²) >= 11 is 0. The maximum Gasteiger partial charge on any atom is 0.338 e. The molecule has 2 heterocycles. The molecule has 2 amide bonds. The SMILES string of the molecule is CCOC(=O)C1=C(CN2CCN[C@H](C)C2)N(CC)C(=O)N[C@H]1c1ccc(OC)cc1OC. The van der Waals surface area contributed by atoms with Gasteiger partial charge in [-0.1, -0.05) is 0 Å². The fourth-order valence-corrected chi connectivity index (χ4v) is 4.32. The minimum absolute atomic E-state index is 0.243. The van der Waals surface area contributed by atoms with E-state index >= 15 is 0 Å². The maximum atomic E-state index is 13.2. The highest BCUT2D eigenvalue weighted by molar-refractivity contribution is 5.95. The number of amides is 2. The molecule has 0 aliphatic carbocycles. The number of carbonyl (C=O) groups is 2. The van der Waals surface area contributed by atoms with Gasteiger partial charge >= 0.3 is 12.0 Å². The van der Waals surface area contributed by atoms with Crippen LogP contribution in [0.25, 0.3) is 0 Å². The van der Waals surface area contributed by atoms with Crippen molar-refractivity contribution in [3.8, 4) is 11.5 Å². The van der Waals surface area contributed by atoms with Gasteiger partial charge in [0.25, 0.3) is 0 Å². The predicted octanol–water partition coefficient (Wildman–Crippen LogP) is 1.90. The lowest BCUT2D eigenvalue weighted by Gasteiger charge is -2.40. The van der Waals surface area contributed by atoms with Crippen molar-refractivity contribution in [1.82, 2.24) is 20.4 Å². The average Bonchev–Trinajstić information content (AvgIpc) is 2.78. The van der Waals surface area contributed by atoms with E-state index in [1.807, 2.05) is 13.0 Å². The number of rotatable bonds is 8. The van der Waals surface area contributed by atoms with Crippen molar-refractivity contribution >= 4 is 12.0 Å². The van der Waals surface area contributed by atoms with Gasteiger partial charge in [-0.05, 0) is 32.9 Å². The molecule has 2 N–H and O–H groups in total. The zero-order valence-corrected chi connectivity index (χ0v) is 19.6. The van der Waals surface area contributed by atoms with Crippen LogP contribution in [0.5, 0.6) is 11.5 Å². The molecule has 1 aromatic carbocycles. The molecule has 0 radical (unpaired) electrons. The topological polar surface area (TPSA) is 92.4 Å².